The molecule has 0 aliphatic rings. The molecule has 0 fully saturated rings. The number of hydrogen-bond donors (Lipinski definition) is 2. The van der Waals surface area contributed by atoms with Crippen LogP contribution >= 0.6 is 0 Å². The van der Waals surface area contributed by atoms with E-state index in [0.29, 0.717) is 18.8 Å². The highest BCUT2D eigenvalue weighted by atomic mass is 16.5. The number of amides is 2. The number of hydrogen-bond acceptors (Lipinski definition) is 4. The molecule has 0 saturated heterocycles. The number of carbonyl (C=O) groups excluding carboxylic acids is 2. The standard InChI is InChI=1S/C24H24N2O4/c27-23(17-29-16-20-11-5-2-6-12-20)25-26-24(28)18-30-22-14-8-7-13-21(22)15-19-9-3-1-4-10-19/h1-14H,15-18H2,(H,25,27)(H,26,28). The predicted octanol–water partition coefficient (Wildman–Crippen LogP) is 3.02. The van der Waals surface area contributed by atoms with E-state index < -0.39 is 11.8 Å². The van der Waals surface area contributed by atoms with Gasteiger partial charge in [0.15, 0.2) is 6.61 Å². The van der Waals surface area contributed by atoms with Crippen LogP contribution in [0.4, 0.5) is 0 Å². The Balaban J connectivity index is 1.39. The highest BCUT2D eigenvalue weighted by Crippen LogP contribution is 2.21. The molecule has 3 rings (SSSR count). The molecule has 3 aromatic carbocycles. The summed E-state index contributed by atoms with van der Waals surface area (Å²) in [5, 5.41) is 0. The maximum Gasteiger partial charge on any atom is 0.276 e. The van der Waals surface area contributed by atoms with Crippen molar-refractivity contribution in [2.45, 2.75) is 13.0 Å². The van der Waals surface area contributed by atoms with Crippen LogP contribution in [0, 0.1) is 0 Å². The molecule has 6 heteroatoms. The van der Waals surface area contributed by atoms with E-state index >= 15 is 0 Å². The first kappa shape index (κ1) is 21.1. The highest BCUT2D eigenvalue weighted by Gasteiger charge is 2.09. The average Bonchev–Trinajstić information content (AvgIpc) is 2.78. The van der Waals surface area contributed by atoms with Crippen LogP contribution in [-0.4, -0.2) is 25.0 Å². The molecule has 154 valence electrons. The summed E-state index contributed by atoms with van der Waals surface area (Å²) in [6.45, 7) is -0.0452. The number of benzene rings is 3. The van der Waals surface area contributed by atoms with Gasteiger partial charge in [-0.05, 0) is 22.8 Å². The van der Waals surface area contributed by atoms with Gasteiger partial charge in [-0.15, -0.1) is 0 Å². The number of rotatable bonds is 9. The molecule has 0 aromatic heterocycles. The molecule has 0 heterocycles. The Labute approximate surface area is 175 Å². The van der Waals surface area contributed by atoms with Gasteiger partial charge in [0.05, 0.1) is 6.61 Å². The maximum absolute atomic E-state index is 12.0. The number of para-hydroxylation sites is 1. The summed E-state index contributed by atoms with van der Waals surface area (Å²) in [6.07, 6.45) is 0.703. The van der Waals surface area contributed by atoms with Crippen molar-refractivity contribution in [2.75, 3.05) is 13.2 Å². The molecule has 3 aromatic rings. The zero-order valence-electron chi connectivity index (χ0n) is 16.5. The molecule has 0 spiro atoms. The minimum atomic E-state index is -0.457. The van der Waals surface area contributed by atoms with E-state index in [2.05, 4.69) is 10.9 Å². The first-order chi connectivity index (χ1) is 14.7. The van der Waals surface area contributed by atoms with E-state index in [-0.39, 0.29) is 13.2 Å². The van der Waals surface area contributed by atoms with Gasteiger partial charge in [-0.25, -0.2) is 0 Å². The summed E-state index contributed by atoms with van der Waals surface area (Å²) >= 11 is 0. The molecule has 30 heavy (non-hydrogen) atoms. The van der Waals surface area contributed by atoms with Crippen molar-refractivity contribution in [3.8, 4) is 5.75 Å². The van der Waals surface area contributed by atoms with Crippen LogP contribution in [0.5, 0.6) is 5.75 Å². The second-order valence-corrected chi connectivity index (χ2v) is 6.63. The van der Waals surface area contributed by atoms with Gasteiger partial charge >= 0.3 is 0 Å². The third-order valence-corrected chi connectivity index (χ3v) is 4.25. The Morgan fingerprint density at radius 2 is 1.23 bits per heavy atom. The van der Waals surface area contributed by atoms with E-state index in [1.54, 1.807) is 0 Å². The molecule has 0 radical (unpaired) electrons. The van der Waals surface area contributed by atoms with Gasteiger partial charge in [0, 0.05) is 6.42 Å². The van der Waals surface area contributed by atoms with Crippen LogP contribution in [0.15, 0.2) is 84.9 Å². The van der Waals surface area contributed by atoms with Crippen LogP contribution in [0.25, 0.3) is 0 Å². The highest BCUT2D eigenvalue weighted by molar-refractivity contribution is 5.83. The Morgan fingerprint density at radius 1 is 0.667 bits per heavy atom. The fourth-order valence-corrected chi connectivity index (χ4v) is 2.80. The minimum absolute atomic E-state index is 0.157. The summed E-state index contributed by atoms with van der Waals surface area (Å²) in [7, 11) is 0. The van der Waals surface area contributed by atoms with Crippen LogP contribution in [-0.2, 0) is 27.4 Å². The Kier molecular flexibility index (Phi) is 8.00. The van der Waals surface area contributed by atoms with Gasteiger partial charge < -0.3 is 9.47 Å². The third-order valence-electron chi connectivity index (χ3n) is 4.25. The van der Waals surface area contributed by atoms with E-state index in [0.717, 1.165) is 16.7 Å². The Morgan fingerprint density at radius 3 is 1.93 bits per heavy atom. The number of ether oxygens (including phenoxy) is 2. The third kappa shape index (κ3) is 7.07. The largest absolute Gasteiger partial charge is 0.483 e. The summed E-state index contributed by atoms with van der Waals surface area (Å²) in [4.78, 5) is 23.8. The molecule has 0 aliphatic heterocycles. The Hall–Kier alpha value is -3.64. The lowest BCUT2D eigenvalue weighted by molar-refractivity contribution is -0.132. The van der Waals surface area contributed by atoms with Crippen LogP contribution in [0.3, 0.4) is 0 Å². The van der Waals surface area contributed by atoms with Crippen LogP contribution in [0.2, 0.25) is 0 Å². The normalized spacial score (nSPS) is 10.3. The molecule has 2 amide bonds. The van der Waals surface area contributed by atoms with Crippen molar-refractivity contribution in [1.82, 2.24) is 10.9 Å². The summed E-state index contributed by atoms with van der Waals surface area (Å²) in [6, 6.07) is 27.1. The molecule has 6 nitrogen and oxygen atoms in total. The molecular formula is C24H24N2O4. The van der Waals surface area contributed by atoms with Crippen molar-refractivity contribution >= 4 is 11.8 Å². The van der Waals surface area contributed by atoms with Gasteiger partial charge in [0.1, 0.15) is 12.4 Å². The van der Waals surface area contributed by atoms with Gasteiger partial charge in [-0.2, -0.15) is 0 Å². The molecule has 2 N–H and O–H groups in total. The minimum Gasteiger partial charge on any atom is -0.483 e. The van der Waals surface area contributed by atoms with Gasteiger partial charge in [0.25, 0.3) is 11.8 Å². The monoisotopic (exact) mass is 404 g/mol. The summed E-state index contributed by atoms with van der Waals surface area (Å²) in [5.41, 5.74) is 7.75. The van der Waals surface area contributed by atoms with Crippen LogP contribution in [0.1, 0.15) is 16.7 Å². The van der Waals surface area contributed by atoms with E-state index in [1.165, 1.54) is 0 Å². The number of nitrogens with one attached hydrogen (secondary N) is 2. The van der Waals surface area contributed by atoms with Gasteiger partial charge in [-0.3, -0.25) is 20.4 Å². The van der Waals surface area contributed by atoms with Crippen molar-refractivity contribution in [3.05, 3.63) is 102 Å². The summed E-state index contributed by atoms with van der Waals surface area (Å²) in [5.74, 6) is -0.265. The first-order valence-corrected chi connectivity index (χ1v) is 9.64. The second-order valence-electron chi connectivity index (χ2n) is 6.63. The van der Waals surface area contributed by atoms with Crippen molar-refractivity contribution < 1.29 is 19.1 Å². The van der Waals surface area contributed by atoms with E-state index in [4.69, 9.17) is 9.47 Å². The van der Waals surface area contributed by atoms with Gasteiger partial charge in [-0.1, -0.05) is 78.9 Å². The van der Waals surface area contributed by atoms with Gasteiger partial charge in [0.2, 0.25) is 0 Å². The zero-order valence-corrected chi connectivity index (χ0v) is 16.5. The van der Waals surface area contributed by atoms with Crippen molar-refractivity contribution in [1.29, 1.82) is 0 Å². The molecule has 0 unspecified atom stereocenters. The quantitative estimate of drug-likeness (QED) is 0.538. The topological polar surface area (TPSA) is 76.7 Å². The fourth-order valence-electron chi connectivity index (χ4n) is 2.80. The average molecular weight is 404 g/mol. The molecule has 0 saturated carbocycles. The SMILES string of the molecule is O=C(COCc1ccccc1)NNC(=O)COc1ccccc1Cc1ccccc1. The molecule has 0 atom stereocenters. The van der Waals surface area contributed by atoms with Crippen molar-refractivity contribution in [2.24, 2.45) is 0 Å². The number of hydrazine groups is 1. The maximum atomic E-state index is 12.0. The number of carbonyl (C=O) groups is 2. The lowest BCUT2D eigenvalue weighted by Gasteiger charge is -2.12. The lowest BCUT2D eigenvalue weighted by atomic mass is 10.0. The Bertz CT molecular complexity index is 946. The predicted molar refractivity (Wildman–Crippen MR) is 114 cm³/mol. The fraction of sp³-hybridized carbons (Fsp3) is 0.167. The van der Waals surface area contributed by atoms with E-state index in [1.807, 2.05) is 84.9 Å². The first-order valence-electron chi connectivity index (χ1n) is 9.64. The molecule has 0 bridgehead atoms. The molecule has 0 aliphatic carbocycles. The zero-order chi connectivity index (χ0) is 21.0. The van der Waals surface area contributed by atoms with E-state index in [9.17, 15) is 9.59 Å². The van der Waals surface area contributed by atoms with Crippen molar-refractivity contribution in [3.63, 3.8) is 0 Å². The second kappa shape index (κ2) is 11.4. The smallest absolute Gasteiger partial charge is 0.276 e. The molecular weight excluding hydrogens is 380 g/mol. The lowest BCUT2D eigenvalue weighted by Crippen LogP contribution is -2.45. The van der Waals surface area contributed by atoms with Crippen LogP contribution < -0.4 is 15.6 Å². The summed E-state index contributed by atoms with van der Waals surface area (Å²) < 4.78 is 11.0.